The summed E-state index contributed by atoms with van der Waals surface area (Å²) in [6, 6.07) is 14.2. The van der Waals surface area contributed by atoms with Gasteiger partial charge in [-0.3, -0.25) is 4.79 Å². The number of halogens is 2. The first-order valence-corrected chi connectivity index (χ1v) is 12.5. The highest BCUT2D eigenvalue weighted by Gasteiger charge is 2.70. The van der Waals surface area contributed by atoms with Crippen LogP contribution in [0.2, 0.25) is 10.0 Å². The summed E-state index contributed by atoms with van der Waals surface area (Å²) in [5.41, 5.74) is -0.0416. The van der Waals surface area contributed by atoms with Gasteiger partial charge < -0.3 is 9.84 Å². The summed E-state index contributed by atoms with van der Waals surface area (Å²) in [7, 11) is -4.03. The quantitative estimate of drug-likeness (QED) is 0.578. The maximum absolute atomic E-state index is 13.1. The van der Waals surface area contributed by atoms with Crippen molar-refractivity contribution in [2.75, 3.05) is 13.1 Å². The van der Waals surface area contributed by atoms with E-state index in [0.717, 1.165) is 11.1 Å². The first-order valence-electron chi connectivity index (χ1n) is 10.3. The number of hydrogen-bond acceptors (Lipinski definition) is 4. The standard InChI is InChI=1S/C22H24Cl2N2O5S/c1-14-20(15-5-3-2-4-6-15)22(14,21(27)28)25-32(29,30)26-10-9-18(12-26)31-13-16-11-17(23)7-8-19(16)24/h2-8,11,14,18,20,25H,9-10,12-13H2,1H3,(H,27,28)/t14-,18?,20-,22+/m1/s1. The van der Waals surface area contributed by atoms with Gasteiger partial charge in [-0.05, 0) is 41.7 Å². The summed E-state index contributed by atoms with van der Waals surface area (Å²) in [5, 5.41) is 11.0. The van der Waals surface area contributed by atoms with Gasteiger partial charge in [-0.2, -0.15) is 17.4 Å². The van der Waals surface area contributed by atoms with Crippen molar-refractivity contribution in [3.05, 3.63) is 69.7 Å². The van der Waals surface area contributed by atoms with Gasteiger partial charge in [-0.15, -0.1) is 0 Å². The Morgan fingerprint density at radius 1 is 1.25 bits per heavy atom. The van der Waals surface area contributed by atoms with Crippen LogP contribution >= 0.6 is 23.2 Å². The average Bonchev–Trinajstić information content (AvgIpc) is 3.10. The second-order valence-electron chi connectivity index (χ2n) is 8.27. The molecule has 32 heavy (non-hydrogen) atoms. The molecule has 7 nitrogen and oxygen atoms in total. The van der Waals surface area contributed by atoms with E-state index in [1.165, 1.54) is 4.31 Å². The topological polar surface area (TPSA) is 95.9 Å². The SMILES string of the molecule is C[C@@H]1[C@H](c2ccccc2)[C@]1(NS(=O)(=O)N1CCC(OCc2cc(Cl)ccc2Cl)C1)C(=O)O. The predicted octanol–water partition coefficient (Wildman–Crippen LogP) is 3.68. The highest BCUT2D eigenvalue weighted by atomic mass is 35.5. The third-order valence-corrected chi connectivity index (χ3v) is 8.55. The van der Waals surface area contributed by atoms with Crippen LogP contribution in [0.4, 0.5) is 0 Å². The molecule has 1 saturated carbocycles. The summed E-state index contributed by atoms with van der Waals surface area (Å²) in [6.07, 6.45) is 0.167. The zero-order chi connectivity index (χ0) is 23.1. The van der Waals surface area contributed by atoms with E-state index in [1.54, 1.807) is 25.1 Å². The molecule has 1 unspecified atom stereocenters. The lowest BCUT2D eigenvalue weighted by atomic mass is 10.1. The molecule has 2 aliphatic rings. The van der Waals surface area contributed by atoms with Crippen molar-refractivity contribution in [3.63, 3.8) is 0 Å². The van der Waals surface area contributed by atoms with Crippen molar-refractivity contribution < 1.29 is 23.1 Å². The molecular weight excluding hydrogens is 475 g/mol. The van der Waals surface area contributed by atoms with Crippen LogP contribution in [0, 0.1) is 5.92 Å². The van der Waals surface area contributed by atoms with Crippen LogP contribution in [0.3, 0.4) is 0 Å². The first kappa shape index (κ1) is 23.5. The van der Waals surface area contributed by atoms with Gasteiger partial charge in [0.25, 0.3) is 10.2 Å². The number of benzene rings is 2. The van der Waals surface area contributed by atoms with Gasteiger partial charge >= 0.3 is 5.97 Å². The number of ether oxygens (including phenoxy) is 1. The van der Waals surface area contributed by atoms with Crippen molar-refractivity contribution in [1.29, 1.82) is 0 Å². The second kappa shape index (κ2) is 8.93. The second-order valence-corrected chi connectivity index (χ2v) is 10.8. The van der Waals surface area contributed by atoms with E-state index in [4.69, 9.17) is 27.9 Å². The highest BCUT2D eigenvalue weighted by molar-refractivity contribution is 7.87. The Kier molecular flexibility index (Phi) is 6.55. The maximum Gasteiger partial charge on any atom is 0.325 e. The number of carbonyl (C=O) groups is 1. The summed E-state index contributed by atoms with van der Waals surface area (Å²) >= 11 is 12.2. The molecule has 0 bridgehead atoms. The molecule has 4 rings (SSSR count). The number of carboxylic acids is 1. The van der Waals surface area contributed by atoms with Gasteiger partial charge in [0, 0.05) is 29.1 Å². The predicted molar refractivity (Wildman–Crippen MR) is 122 cm³/mol. The Balaban J connectivity index is 1.42. The van der Waals surface area contributed by atoms with Gasteiger partial charge in [-0.25, -0.2) is 0 Å². The van der Waals surface area contributed by atoms with Crippen molar-refractivity contribution in [2.24, 2.45) is 5.92 Å². The minimum atomic E-state index is -4.03. The Bertz CT molecular complexity index is 1110. The minimum absolute atomic E-state index is 0.133. The Labute approximate surface area is 197 Å². The fourth-order valence-electron chi connectivity index (χ4n) is 4.49. The van der Waals surface area contributed by atoms with Gasteiger partial charge in [0.1, 0.15) is 5.54 Å². The average molecular weight is 499 g/mol. The number of nitrogens with zero attached hydrogens (tertiary/aromatic N) is 1. The van der Waals surface area contributed by atoms with Crippen molar-refractivity contribution in [2.45, 2.75) is 37.5 Å². The molecule has 2 N–H and O–H groups in total. The maximum atomic E-state index is 13.1. The molecule has 2 aromatic carbocycles. The number of rotatable bonds is 8. The van der Waals surface area contributed by atoms with Crippen LogP contribution in [0.15, 0.2) is 48.5 Å². The molecule has 2 aromatic rings. The van der Waals surface area contributed by atoms with Crippen LogP contribution in [-0.4, -0.2) is 48.5 Å². The highest BCUT2D eigenvalue weighted by Crippen LogP contribution is 2.58. The lowest BCUT2D eigenvalue weighted by Crippen LogP contribution is -2.51. The minimum Gasteiger partial charge on any atom is -0.480 e. The first-order chi connectivity index (χ1) is 15.1. The molecule has 4 atom stereocenters. The Morgan fingerprint density at radius 2 is 1.97 bits per heavy atom. The van der Waals surface area contributed by atoms with Gasteiger partial charge in [0.2, 0.25) is 0 Å². The van der Waals surface area contributed by atoms with Crippen LogP contribution in [0.1, 0.15) is 30.4 Å². The third kappa shape index (κ3) is 4.40. The number of aliphatic carboxylic acids is 1. The van der Waals surface area contributed by atoms with Crippen molar-refractivity contribution >= 4 is 39.4 Å². The lowest BCUT2D eigenvalue weighted by Gasteiger charge is -2.22. The molecule has 2 fully saturated rings. The van der Waals surface area contributed by atoms with E-state index in [0.29, 0.717) is 16.5 Å². The van der Waals surface area contributed by atoms with Crippen molar-refractivity contribution in [3.8, 4) is 0 Å². The van der Waals surface area contributed by atoms with Crippen LogP contribution < -0.4 is 4.72 Å². The molecule has 0 aromatic heterocycles. The van der Waals surface area contributed by atoms with E-state index in [9.17, 15) is 18.3 Å². The lowest BCUT2D eigenvalue weighted by molar-refractivity contribution is -0.140. The van der Waals surface area contributed by atoms with Crippen LogP contribution in [-0.2, 0) is 26.3 Å². The largest absolute Gasteiger partial charge is 0.480 e. The molecule has 1 saturated heterocycles. The summed E-state index contributed by atoms with van der Waals surface area (Å²) in [5.74, 6) is -1.99. The van der Waals surface area contributed by atoms with E-state index < -0.39 is 27.6 Å². The zero-order valence-electron chi connectivity index (χ0n) is 17.4. The van der Waals surface area contributed by atoms with E-state index in [2.05, 4.69) is 4.72 Å². The molecule has 1 aliphatic carbocycles. The molecule has 0 spiro atoms. The number of carboxylic acid groups (broad SMARTS) is 1. The van der Waals surface area contributed by atoms with Crippen LogP contribution in [0.5, 0.6) is 0 Å². The fourth-order valence-corrected chi connectivity index (χ4v) is 6.52. The van der Waals surface area contributed by atoms with E-state index in [1.807, 2.05) is 30.3 Å². The number of nitrogens with one attached hydrogen (secondary N) is 1. The molecule has 0 amide bonds. The molecule has 0 radical (unpaired) electrons. The molecular formula is C22H24Cl2N2O5S. The zero-order valence-corrected chi connectivity index (χ0v) is 19.7. The van der Waals surface area contributed by atoms with Gasteiger partial charge in [0.05, 0.1) is 12.7 Å². The molecule has 1 heterocycles. The van der Waals surface area contributed by atoms with E-state index in [-0.39, 0.29) is 31.7 Å². The monoisotopic (exact) mass is 498 g/mol. The Morgan fingerprint density at radius 3 is 2.66 bits per heavy atom. The number of hydrogen-bond donors (Lipinski definition) is 2. The normalized spacial score (nSPS) is 28.0. The molecule has 1 aliphatic heterocycles. The summed E-state index contributed by atoms with van der Waals surface area (Å²) < 4.78 is 35.8. The van der Waals surface area contributed by atoms with E-state index >= 15 is 0 Å². The van der Waals surface area contributed by atoms with Crippen LogP contribution in [0.25, 0.3) is 0 Å². The smallest absolute Gasteiger partial charge is 0.325 e. The summed E-state index contributed by atoms with van der Waals surface area (Å²) in [4.78, 5) is 12.2. The van der Waals surface area contributed by atoms with Crippen molar-refractivity contribution in [1.82, 2.24) is 9.03 Å². The Hall–Kier alpha value is -1.68. The van der Waals surface area contributed by atoms with Gasteiger partial charge in [-0.1, -0.05) is 60.5 Å². The molecule has 10 heteroatoms. The summed E-state index contributed by atoms with van der Waals surface area (Å²) in [6.45, 7) is 2.33. The fraction of sp³-hybridized carbons (Fsp3) is 0.409. The molecule has 172 valence electrons. The third-order valence-electron chi connectivity index (χ3n) is 6.34. The van der Waals surface area contributed by atoms with Gasteiger partial charge in [0.15, 0.2) is 0 Å².